The number of amides is 1. The van der Waals surface area contributed by atoms with Crippen LogP contribution in [0.1, 0.15) is 31.4 Å². The fourth-order valence-corrected chi connectivity index (χ4v) is 3.18. The van der Waals surface area contributed by atoms with Crippen molar-refractivity contribution in [3.63, 3.8) is 0 Å². The second-order valence-electron chi connectivity index (χ2n) is 6.47. The summed E-state index contributed by atoms with van der Waals surface area (Å²) in [5.41, 5.74) is 1.13. The first-order valence-electron chi connectivity index (χ1n) is 8.63. The zero-order valence-corrected chi connectivity index (χ0v) is 14.2. The highest BCUT2D eigenvalue weighted by Gasteiger charge is 2.27. The van der Waals surface area contributed by atoms with Crippen molar-refractivity contribution in [3.8, 4) is 0 Å². The van der Waals surface area contributed by atoms with Gasteiger partial charge in [0.05, 0.1) is 25.2 Å². The average Bonchev–Trinajstić information content (AvgIpc) is 3.17. The lowest BCUT2D eigenvalue weighted by molar-refractivity contribution is -0.138. The Kier molecular flexibility index (Phi) is 5.64. The van der Waals surface area contributed by atoms with Gasteiger partial charge in [0, 0.05) is 25.5 Å². The molecule has 1 fully saturated rings. The van der Waals surface area contributed by atoms with Crippen molar-refractivity contribution < 1.29 is 9.53 Å². The maximum Gasteiger partial charge on any atom is 0.227 e. The molecule has 1 aliphatic heterocycles. The predicted molar refractivity (Wildman–Crippen MR) is 92.3 cm³/mol. The highest BCUT2D eigenvalue weighted by molar-refractivity contribution is 5.78. The van der Waals surface area contributed by atoms with Crippen molar-refractivity contribution in [1.82, 2.24) is 14.7 Å². The number of carbonyl (C=O) groups excluding carboxylic acids is 1. The molecule has 3 rings (SSSR count). The van der Waals surface area contributed by atoms with Gasteiger partial charge in [0.1, 0.15) is 0 Å². The first-order valence-corrected chi connectivity index (χ1v) is 8.63. The van der Waals surface area contributed by atoms with E-state index in [1.54, 1.807) is 6.20 Å². The van der Waals surface area contributed by atoms with Gasteiger partial charge in [-0.1, -0.05) is 37.3 Å². The van der Waals surface area contributed by atoms with E-state index in [2.05, 4.69) is 5.10 Å². The van der Waals surface area contributed by atoms with Crippen LogP contribution in [0.15, 0.2) is 48.8 Å². The molecular formula is C19H25N3O2. The molecule has 0 aliphatic carbocycles. The Balaban J connectivity index is 1.48. The molecular weight excluding hydrogens is 302 g/mol. The van der Waals surface area contributed by atoms with Crippen molar-refractivity contribution in [1.29, 1.82) is 0 Å². The van der Waals surface area contributed by atoms with E-state index in [-0.39, 0.29) is 17.9 Å². The van der Waals surface area contributed by atoms with Gasteiger partial charge in [-0.25, -0.2) is 0 Å². The van der Waals surface area contributed by atoms with Gasteiger partial charge in [-0.05, 0) is 24.5 Å². The molecule has 0 bridgehead atoms. The molecule has 0 saturated carbocycles. The van der Waals surface area contributed by atoms with Crippen molar-refractivity contribution >= 4 is 5.91 Å². The van der Waals surface area contributed by atoms with Crippen molar-refractivity contribution in [2.75, 3.05) is 19.7 Å². The van der Waals surface area contributed by atoms with Crippen LogP contribution in [0.25, 0.3) is 0 Å². The van der Waals surface area contributed by atoms with Crippen LogP contribution in [-0.4, -0.2) is 40.3 Å². The normalized spacial score (nSPS) is 19.2. The minimum absolute atomic E-state index is 0.120. The molecule has 1 amide bonds. The van der Waals surface area contributed by atoms with E-state index in [9.17, 15) is 4.79 Å². The summed E-state index contributed by atoms with van der Waals surface area (Å²) in [5.74, 6) is 0.0602. The van der Waals surface area contributed by atoms with Gasteiger partial charge in [-0.2, -0.15) is 5.10 Å². The highest BCUT2D eigenvalue weighted by Crippen LogP contribution is 2.22. The first kappa shape index (κ1) is 16.7. The molecule has 0 unspecified atom stereocenters. The fraction of sp³-hybridized carbons (Fsp3) is 0.474. The quantitative estimate of drug-likeness (QED) is 0.819. The Labute approximate surface area is 143 Å². The van der Waals surface area contributed by atoms with Crippen LogP contribution in [-0.2, 0) is 16.1 Å². The van der Waals surface area contributed by atoms with Crippen LogP contribution in [0.3, 0.4) is 0 Å². The monoisotopic (exact) mass is 327 g/mol. The summed E-state index contributed by atoms with van der Waals surface area (Å²) in [5, 5.41) is 4.32. The zero-order chi connectivity index (χ0) is 16.8. The largest absolute Gasteiger partial charge is 0.376 e. The molecule has 128 valence electrons. The SMILES string of the molecule is C[C@H](COCc1ccccc1)C(=O)N1CCC[C@H](n2cccn2)C1. The summed E-state index contributed by atoms with van der Waals surface area (Å²) in [7, 11) is 0. The maximum absolute atomic E-state index is 12.7. The maximum atomic E-state index is 12.7. The van der Waals surface area contributed by atoms with E-state index >= 15 is 0 Å². The standard InChI is InChI=1S/C19H25N3O2/c1-16(14-24-15-17-7-3-2-4-8-17)19(23)21-11-5-9-18(13-21)22-12-6-10-20-22/h2-4,6-8,10,12,16,18H,5,9,11,13-15H2,1H3/t16-,18+/m1/s1. The molecule has 0 N–H and O–H groups in total. The van der Waals surface area contributed by atoms with Gasteiger partial charge in [-0.3, -0.25) is 9.48 Å². The van der Waals surface area contributed by atoms with Crippen LogP contribution in [0.5, 0.6) is 0 Å². The Hall–Kier alpha value is -2.14. The minimum Gasteiger partial charge on any atom is -0.376 e. The van der Waals surface area contributed by atoms with E-state index in [0.717, 1.165) is 31.5 Å². The summed E-state index contributed by atoms with van der Waals surface area (Å²) in [4.78, 5) is 14.6. The van der Waals surface area contributed by atoms with Gasteiger partial charge in [-0.15, -0.1) is 0 Å². The molecule has 2 atom stereocenters. The lowest BCUT2D eigenvalue weighted by atomic mass is 10.0. The molecule has 2 heterocycles. The number of hydrogen-bond acceptors (Lipinski definition) is 3. The smallest absolute Gasteiger partial charge is 0.227 e. The number of benzene rings is 1. The number of hydrogen-bond donors (Lipinski definition) is 0. The highest BCUT2D eigenvalue weighted by atomic mass is 16.5. The van der Waals surface area contributed by atoms with Crippen molar-refractivity contribution in [2.45, 2.75) is 32.4 Å². The van der Waals surface area contributed by atoms with Gasteiger partial charge >= 0.3 is 0 Å². The molecule has 24 heavy (non-hydrogen) atoms. The van der Waals surface area contributed by atoms with Crippen LogP contribution in [0.4, 0.5) is 0 Å². The second-order valence-corrected chi connectivity index (χ2v) is 6.47. The van der Waals surface area contributed by atoms with E-state index in [1.165, 1.54) is 0 Å². The van der Waals surface area contributed by atoms with Crippen molar-refractivity contribution in [2.24, 2.45) is 5.92 Å². The number of ether oxygens (including phenoxy) is 1. The lowest BCUT2D eigenvalue weighted by Crippen LogP contribution is -2.44. The molecule has 0 spiro atoms. The zero-order valence-electron chi connectivity index (χ0n) is 14.2. The Morgan fingerprint density at radius 3 is 2.92 bits per heavy atom. The van der Waals surface area contributed by atoms with Crippen LogP contribution >= 0.6 is 0 Å². The Morgan fingerprint density at radius 1 is 1.33 bits per heavy atom. The summed E-state index contributed by atoms with van der Waals surface area (Å²) < 4.78 is 7.70. The van der Waals surface area contributed by atoms with Crippen LogP contribution in [0, 0.1) is 5.92 Å². The van der Waals surface area contributed by atoms with E-state index in [1.807, 2.05) is 59.1 Å². The summed E-state index contributed by atoms with van der Waals surface area (Å²) in [6.45, 7) is 4.53. The third kappa shape index (κ3) is 4.23. The van der Waals surface area contributed by atoms with Gasteiger partial charge in [0.25, 0.3) is 0 Å². The number of likely N-dealkylation sites (tertiary alicyclic amines) is 1. The van der Waals surface area contributed by atoms with Crippen LogP contribution < -0.4 is 0 Å². The molecule has 2 aromatic rings. The number of rotatable bonds is 6. The molecule has 1 saturated heterocycles. The van der Waals surface area contributed by atoms with Crippen LogP contribution in [0.2, 0.25) is 0 Å². The van der Waals surface area contributed by atoms with E-state index in [0.29, 0.717) is 13.2 Å². The molecule has 5 heteroatoms. The van der Waals surface area contributed by atoms with Crippen molar-refractivity contribution in [3.05, 3.63) is 54.4 Å². The molecule has 1 aromatic carbocycles. The lowest BCUT2D eigenvalue weighted by Gasteiger charge is -2.34. The third-order valence-corrected chi connectivity index (χ3v) is 4.51. The van der Waals surface area contributed by atoms with E-state index in [4.69, 9.17) is 4.74 Å². The van der Waals surface area contributed by atoms with Gasteiger partial charge < -0.3 is 9.64 Å². The average molecular weight is 327 g/mol. The minimum atomic E-state index is -0.120. The molecule has 1 aliphatic rings. The van der Waals surface area contributed by atoms with E-state index < -0.39 is 0 Å². The number of aromatic nitrogens is 2. The summed E-state index contributed by atoms with van der Waals surface area (Å²) >= 11 is 0. The Bertz CT molecular complexity index is 627. The fourth-order valence-electron chi connectivity index (χ4n) is 3.18. The third-order valence-electron chi connectivity index (χ3n) is 4.51. The number of nitrogens with zero attached hydrogens (tertiary/aromatic N) is 3. The van der Waals surface area contributed by atoms with Gasteiger partial charge in [0.2, 0.25) is 5.91 Å². The number of piperidine rings is 1. The molecule has 1 aromatic heterocycles. The Morgan fingerprint density at radius 2 is 2.17 bits per heavy atom. The number of carbonyl (C=O) groups is 1. The summed E-state index contributed by atoms with van der Waals surface area (Å²) in [6, 6.07) is 12.3. The second kappa shape index (κ2) is 8.11. The topological polar surface area (TPSA) is 47.4 Å². The summed E-state index contributed by atoms with van der Waals surface area (Å²) in [6.07, 6.45) is 5.87. The van der Waals surface area contributed by atoms with Gasteiger partial charge in [0.15, 0.2) is 0 Å². The molecule has 0 radical (unpaired) electrons. The first-order chi connectivity index (χ1) is 11.7. The predicted octanol–water partition coefficient (Wildman–Crippen LogP) is 2.90. The molecule has 5 nitrogen and oxygen atoms in total.